The van der Waals surface area contributed by atoms with E-state index in [1.807, 2.05) is 12.1 Å². The van der Waals surface area contributed by atoms with Crippen LogP contribution in [-0.4, -0.2) is 36.7 Å². The molecule has 0 saturated heterocycles. The molecule has 100 valence electrons. The highest BCUT2D eigenvalue weighted by atomic mass is 16.4. The smallest absolute Gasteiger partial charge is 0.423 e. The number of imidazole rings is 1. The van der Waals surface area contributed by atoms with E-state index in [1.165, 1.54) is 6.33 Å². The van der Waals surface area contributed by atoms with Gasteiger partial charge in [-0.15, -0.1) is 0 Å². The van der Waals surface area contributed by atoms with E-state index >= 15 is 0 Å². The van der Waals surface area contributed by atoms with Crippen LogP contribution in [0, 0.1) is 0 Å². The number of anilines is 1. The van der Waals surface area contributed by atoms with Crippen LogP contribution in [0.15, 0.2) is 36.9 Å². The van der Waals surface area contributed by atoms with Crippen LogP contribution in [0.25, 0.3) is 11.2 Å². The number of nitrogens with two attached hydrogens (primary N) is 1. The predicted molar refractivity (Wildman–Crippen MR) is 75.1 cm³/mol. The third kappa shape index (κ3) is 2.11. The first-order chi connectivity index (χ1) is 9.66. The van der Waals surface area contributed by atoms with E-state index in [2.05, 4.69) is 15.0 Å². The highest BCUT2D eigenvalue weighted by Gasteiger charge is 2.16. The zero-order valence-electron chi connectivity index (χ0n) is 10.5. The molecule has 0 bridgehead atoms. The van der Waals surface area contributed by atoms with Gasteiger partial charge in [0.1, 0.15) is 11.8 Å². The molecule has 0 fully saturated rings. The third-order valence-electron chi connectivity index (χ3n) is 3.10. The summed E-state index contributed by atoms with van der Waals surface area (Å²) in [5.41, 5.74) is 8.11. The summed E-state index contributed by atoms with van der Waals surface area (Å²) in [5.74, 6) is 0.323. The molecule has 20 heavy (non-hydrogen) atoms. The van der Waals surface area contributed by atoms with Gasteiger partial charge in [-0.2, -0.15) is 0 Å². The van der Waals surface area contributed by atoms with E-state index in [4.69, 9.17) is 5.73 Å². The minimum atomic E-state index is -1.51. The second-order valence-corrected chi connectivity index (χ2v) is 4.38. The summed E-state index contributed by atoms with van der Waals surface area (Å²) in [6.07, 6.45) is 2.99. The zero-order chi connectivity index (χ0) is 14.1. The number of nitrogen functional groups attached to an aromatic ring is 1. The second-order valence-electron chi connectivity index (χ2n) is 4.38. The molecule has 0 aliphatic heterocycles. The van der Waals surface area contributed by atoms with E-state index in [1.54, 1.807) is 23.0 Å². The highest BCUT2D eigenvalue weighted by Crippen LogP contribution is 2.15. The van der Waals surface area contributed by atoms with Gasteiger partial charge in [0.05, 0.1) is 12.9 Å². The molecule has 2 heterocycles. The molecule has 0 saturated carbocycles. The first-order valence-corrected chi connectivity index (χ1v) is 6.02. The lowest BCUT2D eigenvalue weighted by atomic mass is 9.77. The molecule has 0 spiro atoms. The fourth-order valence-electron chi connectivity index (χ4n) is 2.13. The van der Waals surface area contributed by atoms with Crippen molar-refractivity contribution in [3.05, 3.63) is 42.5 Å². The minimum Gasteiger partial charge on any atom is -0.423 e. The number of benzene rings is 1. The highest BCUT2D eigenvalue weighted by molar-refractivity contribution is 6.59. The van der Waals surface area contributed by atoms with Gasteiger partial charge in [-0.05, 0) is 11.0 Å². The maximum absolute atomic E-state index is 9.38. The van der Waals surface area contributed by atoms with Crippen molar-refractivity contribution in [1.29, 1.82) is 0 Å². The van der Waals surface area contributed by atoms with E-state index in [0.29, 0.717) is 29.0 Å². The molecule has 3 rings (SSSR count). The van der Waals surface area contributed by atoms with Crippen molar-refractivity contribution in [3.63, 3.8) is 0 Å². The van der Waals surface area contributed by atoms with E-state index in [0.717, 1.165) is 5.56 Å². The average Bonchev–Trinajstić information content (AvgIpc) is 2.84. The summed E-state index contributed by atoms with van der Waals surface area (Å²) in [6, 6.07) is 7.09. The van der Waals surface area contributed by atoms with Gasteiger partial charge in [0.2, 0.25) is 0 Å². The minimum absolute atomic E-state index is 0.323. The Balaban J connectivity index is 2.04. The quantitative estimate of drug-likeness (QED) is 0.533. The summed E-state index contributed by atoms with van der Waals surface area (Å²) < 4.78 is 1.79. The Morgan fingerprint density at radius 1 is 1.15 bits per heavy atom. The topological polar surface area (TPSA) is 110 Å². The molecule has 4 N–H and O–H groups in total. The van der Waals surface area contributed by atoms with Crippen molar-refractivity contribution in [3.8, 4) is 0 Å². The molecule has 0 amide bonds. The fraction of sp³-hybridized carbons (Fsp3) is 0.0833. The number of rotatable bonds is 3. The second kappa shape index (κ2) is 4.91. The van der Waals surface area contributed by atoms with Crippen molar-refractivity contribution >= 4 is 29.6 Å². The van der Waals surface area contributed by atoms with Crippen LogP contribution in [0.1, 0.15) is 5.56 Å². The van der Waals surface area contributed by atoms with Gasteiger partial charge in [0.15, 0.2) is 11.5 Å². The van der Waals surface area contributed by atoms with Crippen molar-refractivity contribution in [1.82, 2.24) is 19.5 Å². The SMILES string of the molecule is Nc1ncnc2c1ncn2Cc1ccccc1B(O)O. The summed E-state index contributed by atoms with van der Waals surface area (Å²) in [7, 11) is -1.51. The Labute approximate surface area is 114 Å². The molecule has 7 nitrogen and oxygen atoms in total. The Morgan fingerprint density at radius 2 is 1.95 bits per heavy atom. The van der Waals surface area contributed by atoms with Crippen LogP contribution >= 0.6 is 0 Å². The van der Waals surface area contributed by atoms with Gasteiger partial charge in [0, 0.05) is 0 Å². The summed E-state index contributed by atoms with van der Waals surface area (Å²) in [4.78, 5) is 12.2. The lowest BCUT2D eigenvalue weighted by Crippen LogP contribution is -2.33. The van der Waals surface area contributed by atoms with Crippen molar-refractivity contribution in [2.75, 3.05) is 5.73 Å². The Kier molecular flexibility index (Phi) is 3.09. The van der Waals surface area contributed by atoms with Crippen molar-refractivity contribution < 1.29 is 10.0 Å². The number of fused-ring (bicyclic) bond motifs is 1. The van der Waals surface area contributed by atoms with Crippen LogP contribution in [0.3, 0.4) is 0 Å². The third-order valence-corrected chi connectivity index (χ3v) is 3.10. The van der Waals surface area contributed by atoms with Gasteiger partial charge in [-0.3, -0.25) is 0 Å². The lowest BCUT2D eigenvalue weighted by Gasteiger charge is -2.09. The normalized spacial score (nSPS) is 10.9. The zero-order valence-corrected chi connectivity index (χ0v) is 10.5. The van der Waals surface area contributed by atoms with Gasteiger partial charge < -0.3 is 20.3 Å². The molecule has 0 aliphatic rings. The van der Waals surface area contributed by atoms with Gasteiger partial charge in [0.25, 0.3) is 0 Å². The number of hydrogen-bond donors (Lipinski definition) is 3. The maximum atomic E-state index is 9.38. The Morgan fingerprint density at radius 3 is 2.75 bits per heavy atom. The molecule has 1 aromatic carbocycles. The monoisotopic (exact) mass is 269 g/mol. The van der Waals surface area contributed by atoms with Crippen molar-refractivity contribution in [2.45, 2.75) is 6.54 Å². The molecule has 0 aliphatic carbocycles. The summed E-state index contributed by atoms with van der Waals surface area (Å²) in [6.45, 7) is 0.417. The van der Waals surface area contributed by atoms with E-state index < -0.39 is 7.12 Å². The molecular weight excluding hydrogens is 257 g/mol. The molecular formula is C12H12BN5O2. The predicted octanol–water partition coefficient (Wildman–Crippen LogP) is -0.863. The van der Waals surface area contributed by atoms with Gasteiger partial charge in [-0.1, -0.05) is 24.3 Å². The van der Waals surface area contributed by atoms with Crippen LogP contribution in [-0.2, 0) is 6.54 Å². The number of nitrogens with zero attached hydrogens (tertiary/aromatic N) is 4. The van der Waals surface area contributed by atoms with Crippen LogP contribution in [0.4, 0.5) is 5.82 Å². The molecule has 0 radical (unpaired) electrons. The molecule has 8 heteroatoms. The van der Waals surface area contributed by atoms with Gasteiger partial charge >= 0.3 is 7.12 Å². The summed E-state index contributed by atoms with van der Waals surface area (Å²) in [5, 5.41) is 18.8. The first-order valence-electron chi connectivity index (χ1n) is 6.02. The van der Waals surface area contributed by atoms with Gasteiger partial charge in [-0.25, -0.2) is 15.0 Å². The number of hydrogen-bond acceptors (Lipinski definition) is 6. The molecule has 0 atom stereocenters. The van der Waals surface area contributed by atoms with Crippen LogP contribution < -0.4 is 11.2 Å². The molecule has 3 aromatic rings. The first kappa shape index (κ1) is 12.6. The standard InChI is InChI=1S/C12H12BN5O2/c14-11-10-12(16-6-15-11)18(7-17-10)5-8-3-1-2-4-9(8)13(19)20/h1-4,6-7,19-20H,5H2,(H2,14,15,16). The van der Waals surface area contributed by atoms with Crippen LogP contribution in [0.5, 0.6) is 0 Å². The summed E-state index contributed by atoms with van der Waals surface area (Å²) >= 11 is 0. The average molecular weight is 269 g/mol. The van der Waals surface area contributed by atoms with Crippen LogP contribution in [0.2, 0.25) is 0 Å². The Bertz CT molecular complexity index is 758. The fourth-order valence-corrected chi connectivity index (χ4v) is 2.13. The number of aromatic nitrogens is 4. The van der Waals surface area contributed by atoms with E-state index in [-0.39, 0.29) is 0 Å². The lowest BCUT2D eigenvalue weighted by molar-refractivity contribution is 0.425. The molecule has 0 unspecified atom stereocenters. The largest absolute Gasteiger partial charge is 0.488 e. The molecule has 2 aromatic heterocycles. The Hall–Kier alpha value is -2.45. The van der Waals surface area contributed by atoms with Crippen molar-refractivity contribution in [2.24, 2.45) is 0 Å². The maximum Gasteiger partial charge on any atom is 0.488 e. The van der Waals surface area contributed by atoms with E-state index in [9.17, 15) is 10.0 Å².